The molecule has 0 unspecified atom stereocenters. The third-order valence-electron chi connectivity index (χ3n) is 4.65. The highest BCUT2D eigenvalue weighted by molar-refractivity contribution is 5.57. The van der Waals surface area contributed by atoms with Gasteiger partial charge in [0, 0.05) is 48.4 Å². The summed E-state index contributed by atoms with van der Waals surface area (Å²) in [7, 11) is 0. The summed E-state index contributed by atoms with van der Waals surface area (Å²) in [5.41, 5.74) is 3.57. The van der Waals surface area contributed by atoms with E-state index in [1.807, 2.05) is 24.4 Å². The van der Waals surface area contributed by atoms with Gasteiger partial charge in [0.1, 0.15) is 17.3 Å². The van der Waals surface area contributed by atoms with Gasteiger partial charge >= 0.3 is 0 Å². The molecule has 0 saturated carbocycles. The van der Waals surface area contributed by atoms with Crippen LogP contribution in [0.15, 0.2) is 53.1 Å². The summed E-state index contributed by atoms with van der Waals surface area (Å²) in [5, 5.41) is 0. The van der Waals surface area contributed by atoms with Crippen LogP contribution in [0.2, 0.25) is 0 Å². The molecule has 4 rings (SSSR count). The maximum atomic E-state index is 6.04. The lowest BCUT2D eigenvalue weighted by Crippen LogP contribution is -2.31. The Kier molecular flexibility index (Phi) is 4.36. The van der Waals surface area contributed by atoms with Gasteiger partial charge < -0.3 is 4.42 Å². The lowest BCUT2D eigenvalue weighted by atomic mass is 10.1. The summed E-state index contributed by atoms with van der Waals surface area (Å²) in [6.07, 6.45) is 2.98. The van der Waals surface area contributed by atoms with E-state index in [4.69, 9.17) is 9.40 Å². The van der Waals surface area contributed by atoms with Crippen LogP contribution in [0.5, 0.6) is 0 Å². The molecule has 1 aromatic carbocycles. The number of hydrogen-bond acceptors (Lipinski definition) is 4. The Morgan fingerprint density at radius 3 is 2.76 bits per heavy atom. The van der Waals surface area contributed by atoms with Crippen molar-refractivity contribution >= 4 is 0 Å². The van der Waals surface area contributed by atoms with Crippen LogP contribution < -0.4 is 0 Å². The third-order valence-corrected chi connectivity index (χ3v) is 4.65. The lowest BCUT2D eigenvalue weighted by molar-refractivity contribution is 0.224. The van der Waals surface area contributed by atoms with Crippen molar-refractivity contribution in [3.63, 3.8) is 0 Å². The number of benzene rings is 1. The largest absolute Gasteiger partial charge is 0.460 e. The number of fused-ring (bicyclic) bond motifs is 1. The molecule has 0 saturated heterocycles. The fourth-order valence-electron chi connectivity index (χ4n) is 3.24. The molecule has 2 aromatic heterocycles. The second-order valence-electron chi connectivity index (χ2n) is 6.95. The van der Waals surface area contributed by atoms with Crippen molar-refractivity contribution < 1.29 is 4.42 Å². The zero-order valence-corrected chi connectivity index (χ0v) is 14.8. The molecule has 0 fully saturated rings. The lowest BCUT2D eigenvalue weighted by Gasteiger charge is -2.27. The highest BCUT2D eigenvalue weighted by Gasteiger charge is 2.20. The number of aromatic nitrogens is 2. The van der Waals surface area contributed by atoms with E-state index in [0.29, 0.717) is 5.92 Å². The van der Waals surface area contributed by atoms with Gasteiger partial charge in [-0.2, -0.15) is 0 Å². The van der Waals surface area contributed by atoms with Crippen molar-refractivity contribution in [3.8, 4) is 11.3 Å². The Balaban J connectivity index is 1.45. The smallest absolute Gasteiger partial charge is 0.134 e. The second kappa shape index (κ2) is 6.81. The van der Waals surface area contributed by atoms with Gasteiger partial charge in [0.25, 0.3) is 0 Å². The van der Waals surface area contributed by atoms with Crippen LogP contribution in [-0.2, 0) is 19.5 Å². The Morgan fingerprint density at radius 2 is 1.96 bits per heavy atom. The number of hydrogen-bond donors (Lipinski definition) is 0. The molecule has 0 spiro atoms. The van der Waals surface area contributed by atoms with Gasteiger partial charge in [0.2, 0.25) is 0 Å². The standard InChI is InChI=1S/C21H23N3O/c1-15(2)21-22-12-17-13-24(11-10-19(17)23-21)14-18-8-9-20(25-18)16-6-4-3-5-7-16/h3-9,12,15H,10-11,13-14H2,1-2H3. The molecule has 3 aromatic rings. The van der Waals surface area contributed by atoms with E-state index in [1.54, 1.807) is 0 Å². The number of rotatable bonds is 4. The molecule has 0 N–H and O–H groups in total. The fourth-order valence-corrected chi connectivity index (χ4v) is 3.24. The number of furan rings is 1. The molecule has 1 aliphatic rings. The van der Waals surface area contributed by atoms with Crippen LogP contribution in [-0.4, -0.2) is 21.4 Å². The summed E-state index contributed by atoms with van der Waals surface area (Å²) >= 11 is 0. The first-order chi connectivity index (χ1) is 12.2. The molecule has 0 aliphatic carbocycles. The quantitative estimate of drug-likeness (QED) is 0.709. The highest BCUT2D eigenvalue weighted by Crippen LogP contribution is 2.25. The van der Waals surface area contributed by atoms with Gasteiger partial charge in [-0.15, -0.1) is 0 Å². The van der Waals surface area contributed by atoms with Crippen molar-refractivity contribution in [3.05, 3.63) is 71.5 Å². The molecule has 0 radical (unpaired) electrons. The highest BCUT2D eigenvalue weighted by atomic mass is 16.3. The van der Waals surface area contributed by atoms with Crippen molar-refractivity contribution in [2.45, 2.75) is 39.3 Å². The average Bonchev–Trinajstić information content (AvgIpc) is 3.10. The SMILES string of the molecule is CC(C)c1ncc2c(n1)CCN(Cc1ccc(-c3ccccc3)o1)C2. The number of nitrogens with zero attached hydrogens (tertiary/aromatic N) is 3. The van der Waals surface area contributed by atoms with Crippen molar-refractivity contribution in [1.82, 2.24) is 14.9 Å². The van der Waals surface area contributed by atoms with Gasteiger partial charge in [-0.1, -0.05) is 44.2 Å². The summed E-state index contributed by atoms with van der Waals surface area (Å²) < 4.78 is 6.04. The first-order valence-corrected chi connectivity index (χ1v) is 8.90. The van der Waals surface area contributed by atoms with E-state index >= 15 is 0 Å². The molecule has 0 amide bonds. The molecule has 0 bridgehead atoms. The van der Waals surface area contributed by atoms with Crippen molar-refractivity contribution in [2.24, 2.45) is 0 Å². The van der Waals surface area contributed by atoms with Crippen molar-refractivity contribution in [1.29, 1.82) is 0 Å². The minimum absolute atomic E-state index is 0.378. The summed E-state index contributed by atoms with van der Waals surface area (Å²) in [6, 6.07) is 14.4. The summed E-state index contributed by atoms with van der Waals surface area (Å²) in [6.45, 7) is 6.98. The van der Waals surface area contributed by atoms with Gasteiger partial charge in [0.05, 0.1) is 6.54 Å². The predicted molar refractivity (Wildman–Crippen MR) is 98.1 cm³/mol. The second-order valence-corrected chi connectivity index (χ2v) is 6.95. The van der Waals surface area contributed by atoms with E-state index in [-0.39, 0.29) is 0 Å². The zero-order chi connectivity index (χ0) is 17.2. The molecule has 128 valence electrons. The first kappa shape index (κ1) is 16.0. The topological polar surface area (TPSA) is 42.2 Å². The Labute approximate surface area is 148 Å². The fraction of sp³-hybridized carbons (Fsp3) is 0.333. The molecule has 25 heavy (non-hydrogen) atoms. The first-order valence-electron chi connectivity index (χ1n) is 8.90. The molecule has 1 aliphatic heterocycles. The zero-order valence-electron chi connectivity index (χ0n) is 14.8. The monoisotopic (exact) mass is 333 g/mol. The van der Waals surface area contributed by atoms with Gasteiger partial charge in [-0.3, -0.25) is 4.90 Å². The summed E-state index contributed by atoms with van der Waals surface area (Å²) in [4.78, 5) is 11.6. The Morgan fingerprint density at radius 1 is 1.12 bits per heavy atom. The van der Waals surface area contributed by atoms with Crippen LogP contribution in [0.1, 0.15) is 42.6 Å². The van der Waals surface area contributed by atoms with Gasteiger partial charge in [-0.25, -0.2) is 9.97 Å². The van der Waals surface area contributed by atoms with E-state index in [0.717, 1.165) is 49.0 Å². The van der Waals surface area contributed by atoms with Gasteiger partial charge in [0.15, 0.2) is 0 Å². The minimum atomic E-state index is 0.378. The average molecular weight is 333 g/mol. The molecule has 0 atom stereocenters. The van der Waals surface area contributed by atoms with Crippen LogP contribution in [0.25, 0.3) is 11.3 Å². The summed E-state index contributed by atoms with van der Waals surface area (Å²) in [5.74, 6) is 3.26. The van der Waals surface area contributed by atoms with Gasteiger partial charge in [-0.05, 0) is 12.1 Å². The maximum Gasteiger partial charge on any atom is 0.134 e. The van der Waals surface area contributed by atoms with E-state index < -0.39 is 0 Å². The Bertz CT molecular complexity index is 855. The molecule has 3 heterocycles. The molecular weight excluding hydrogens is 310 g/mol. The van der Waals surface area contributed by atoms with Crippen LogP contribution in [0.3, 0.4) is 0 Å². The minimum Gasteiger partial charge on any atom is -0.460 e. The molecule has 4 nitrogen and oxygen atoms in total. The third kappa shape index (κ3) is 3.49. The van der Waals surface area contributed by atoms with Crippen LogP contribution in [0.4, 0.5) is 0 Å². The van der Waals surface area contributed by atoms with Crippen LogP contribution in [0, 0.1) is 0 Å². The van der Waals surface area contributed by atoms with Crippen molar-refractivity contribution in [2.75, 3.05) is 6.54 Å². The van der Waals surface area contributed by atoms with E-state index in [9.17, 15) is 0 Å². The normalized spacial score (nSPS) is 14.7. The predicted octanol–water partition coefficient (Wildman–Crippen LogP) is 4.42. The van der Waals surface area contributed by atoms with E-state index in [1.165, 1.54) is 11.3 Å². The maximum absolute atomic E-state index is 6.04. The molecule has 4 heteroatoms. The molecular formula is C21H23N3O. The van der Waals surface area contributed by atoms with Crippen LogP contribution >= 0.6 is 0 Å². The van der Waals surface area contributed by atoms with E-state index in [2.05, 4.69) is 48.0 Å². The Hall–Kier alpha value is -2.46.